The Morgan fingerprint density at radius 2 is 1.91 bits per heavy atom. The zero-order valence-corrected chi connectivity index (χ0v) is 20.2. The third-order valence-electron chi connectivity index (χ3n) is 4.72. The number of nitrogens with zero attached hydrogens (tertiary/aromatic N) is 3. The van der Waals surface area contributed by atoms with Crippen molar-refractivity contribution in [2.45, 2.75) is 38.5 Å². The normalized spacial score (nSPS) is 11.8. The number of hydrogen-bond acceptors (Lipinski definition) is 5. The SMILES string of the molecule is CCn1c(SCC(=O)Nc2cc(Cl)ccc2C)nnc1[C@@H](C)NC(=O)c1ccccc1Cl. The number of halogens is 2. The Bertz CT molecular complexity index is 1140. The zero-order chi connectivity index (χ0) is 23.3. The molecule has 2 N–H and O–H groups in total. The summed E-state index contributed by atoms with van der Waals surface area (Å²) >= 11 is 13.4. The summed E-state index contributed by atoms with van der Waals surface area (Å²) in [5.41, 5.74) is 2.00. The second-order valence-electron chi connectivity index (χ2n) is 7.06. The predicted octanol–water partition coefficient (Wildman–Crippen LogP) is 5.14. The quantitative estimate of drug-likeness (QED) is 0.426. The molecule has 0 aliphatic heterocycles. The van der Waals surface area contributed by atoms with E-state index >= 15 is 0 Å². The van der Waals surface area contributed by atoms with Gasteiger partial charge in [0.25, 0.3) is 5.91 Å². The highest BCUT2D eigenvalue weighted by Crippen LogP contribution is 2.24. The molecule has 1 heterocycles. The van der Waals surface area contributed by atoms with Crippen molar-refractivity contribution in [3.05, 3.63) is 69.5 Å². The second kappa shape index (κ2) is 10.8. The minimum Gasteiger partial charge on any atom is -0.342 e. The first-order chi connectivity index (χ1) is 15.3. The predicted molar refractivity (Wildman–Crippen MR) is 129 cm³/mol. The number of benzene rings is 2. The number of amides is 2. The lowest BCUT2D eigenvalue weighted by Gasteiger charge is -2.15. The maximum Gasteiger partial charge on any atom is 0.253 e. The molecule has 10 heteroatoms. The molecule has 0 fully saturated rings. The fourth-order valence-electron chi connectivity index (χ4n) is 3.05. The molecule has 0 bridgehead atoms. The lowest BCUT2D eigenvalue weighted by atomic mass is 10.2. The minimum atomic E-state index is -0.400. The van der Waals surface area contributed by atoms with E-state index in [1.807, 2.05) is 31.4 Å². The highest BCUT2D eigenvalue weighted by Gasteiger charge is 2.21. The van der Waals surface area contributed by atoms with E-state index in [0.29, 0.717) is 38.8 Å². The number of carbonyl (C=O) groups is 2. The Morgan fingerprint density at radius 1 is 1.16 bits per heavy atom. The monoisotopic (exact) mass is 491 g/mol. The van der Waals surface area contributed by atoms with E-state index in [1.165, 1.54) is 11.8 Å². The molecule has 2 amide bonds. The van der Waals surface area contributed by atoms with Gasteiger partial charge < -0.3 is 15.2 Å². The number of aryl methyl sites for hydroxylation is 1. The van der Waals surface area contributed by atoms with Crippen molar-refractivity contribution in [3.63, 3.8) is 0 Å². The van der Waals surface area contributed by atoms with Crippen LogP contribution in [0.25, 0.3) is 0 Å². The van der Waals surface area contributed by atoms with Crippen LogP contribution in [0.5, 0.6) is 0 Å². The van der Waals surface area contributed by atoms with Crippen LogP contribution in [0.4, 0.5) is 5.69 Å². The third-order valence-corrected chi connectivity index (χ3v) is 6.25. The summed E-state index contributed by atoms with van der Waals surface area (Å²) in [5, 5.41) is 15.8. The summed E-state index contributed by atoms with van der Waals surface area (Å²) in [4.78, 5) is 25.0. The molecule has 168 valence electrons. The van der Waals surface area contributed by atoms with Gasteiger partial charge in [-0.2, -0.15) is 0 Å². The largest absolute Gasteiger partial charge is 0.342 e. The Kier molecular flexibility index (Phi) is 8.17. The van der Waals surface area contributed by atoms with Crippen LogP contribution < -0.4 is 10.6 Å². The standard InChI is InChI=1S/C22H23Cl2N5O2S/c1-4-29-20(14(3)25-21(31)16-7-5-6-8-17(16)24)27-28-22(29)32-12-19(30)26-18-11-15(23)10-9-13(18)2/h5-11,14H,4,12H2,1-3H3,(H,25,31)(H,26,30)/t14-/m1/s1. The molecule has 0 aliphatic carbocycles. The molecular formula is C22H23Cl2N5O2S. The van der Waals surface area contributed by atoms with Crippen LogP contribution in [-0.4, -0.2) is 32.3 Å². The first-order valence-corrected chi connectivity index (χ1v) is 11.7. The van der Waals surface area contributed by atoms with Gasteiger partial charge in [-0.3, -0.25) is 9.59 Å². The van der Waals surface area contributed by atoms with E-state index in [2.05, 4.69) is 20.8 Å². The van der Waals surface area contributed by atoms with Crippen molar-refractivity contribution >= 4 is 52.5 Å². The first-order valence-electron chi connectivity index (χ1n) is 9.97. The molecule has 32 heavy (non-hydrogen) atoms. The van der Waals surface area contributed by atoms with Gasteiger partial charge >= 0.3 is 0 Å². The van der Waals surface area contributed by atoms with Gasteiger partial charge in [0.05, 0.1) is 22.4 Å². The molecule has 2 aromatic carbocycles. The van der Waals surface area contributed by atoms with Gasteiger partial charge in [-0.25, -0.2) is 0 Å². The van der Waals surface area contributed by atoms with Crippen molar-refractivity contribution in [1.29, 1.82) is 0 Å². The smallest absolute Gasteiger partial charge is 0.253 e. The molecule has 0 saturated heterocycles. The van der Waals surface area contributed by atoms with E-state index in [1.54, 1.807) is 36.4 Å². The summed E-state index contributed by atoms with van der Waals surface area (Å²) in [5.74, 6) is 0.290. The molecule has 1 atom stereocenters. The van der Waals surface area contributed by atoms with Crippen molar-refractivity contribution in [3.8, 4) is 0 Å². The first kappa shape index (κ1) is 24.1. The van der Waals surface area contributed by atoms with E-state index in [-0.39, 0.29) is 17.6 Å². The summed E-state index contributed by atoms with van der Waals surface area (Å²) in [6, 6.07) is 11.8. The summed E-state index contributed by atoms with van der Waals surface area (Å²) in [6.07, 6.45) is 0. The van der Waals surface area contributed by atoms with Crippen LogP contribution in [0.1, 0.15) is 41.6 Å². The van der Waals surface area contributed by atoms with Crippen LogP contribution in [0.2, 0.25) is 10.0 Å². The maximum absolute atomic E-state index is 12.6. The summed E-state index contributed by atoms with van der Waals surface area (Å²) in [6.45, 7) is 6.27. The van der Waals surface area contributed by atoms with Crippen LogP contribution >= 0.6 is 35.0 Å². The Hall–Kier alpha value is -2.55. The number of hydrogen-bond donors (Lipinski definition) is 2. The summed E-state index contributed by atoms with van der Waals surface area (Å²) < 4.78 is 1.88. The van der Waals surface area contributed by atoms with Crippen molar-refractivity contribution in [2.75, 3.05) is 11.1 Å². The highest BCUT2D eigenvalue weighted by atomic mass is 35.5. The molecule has 0 aliphatic rings. The fourth-order valence-corrected chi connectivity index (χ4v) is 4.26. The molecule has 0 spiro atoms. The second-order valence-corrected chi connectivity index (χ2v) is 8.84. The lowest BCUT2D eigenvalue weighted by Crippen LogP contribution is -2.29. The van der Waals surface area contributed by atoms with Gasteiger partial charge in [0.15, 0.2) is 11.0 Å². The van der Waals surface area contributed by atoms with E-state index < -0.39 is 6.04 Å². The Morgan fingerprint density at radius 3 is 2.62 bits per heavy atom. The number of rotatable bonds is 8. The number of carbonyl (C=O) groups excluding carboxylic acids is 2. The average Bonchev–Trinajstić information content (AvgIpc) is 3.18. The average molecular weight is 492 g/mol. The van der Waals surface area contributed by atoms with Crippen LogP contribution in [0.3, 0.4) is 0 Å². The molecule has 0 saturated carbocycles. The van der Waals surface area contributed by atoms with Crippen molar-refractivity contribution in [2.24, 2.45) is 0 Å². The van der Waals surface area contributed by atoms with Gasteiger partial charge in [0.1, 0.15) is 0 Å². The third kappa shape index (κ3) is 5.82. The van der Waals surface area contributed by atoms with Gasteiger partial charge in [0.2, 0.25) is 5.91 Å². The van der Waals surface area contributed by atoms with Gasteiger partial charge in [-0.1, -0.05) is 53.2 Å². The number of aromatic nitrogens is 3. The van der Waals surface area contributed by atoms with Gasteiger partial charge in [-0.15, -0.1) is 10.2 Å². The number of thioether (sulfide) groups is 1. The lowest BCUT2D eigenvalue weighted by molar-refractivity contribution is -0.113. The van der Waals surface area contributed by atoms with E-state index in [0.717, 1.165) is 5.56 Å². The number of anilines is 1. The fraction of sp³-hybridized carbons (Fsp3) is 0.273. The van der Waals surface area contributed by atoms with Crippen molar-refractivity contribution < 1.29 is 9.59 Å². The van der Waals surface area contributed by atoms with Crippen LogP contribution in [-0.2, 0) is 11.3 Å². The zero-order valence-electron chi connectivity index (χ0n) is 17.9. The topological polar surface area (TPSA) is 88.9 Å². The maximum atomic E-state index is 12.6. The summed E-state index contributed by atoms with van der Waals surface area (Å²) in [7, 11) is 0. The highest BCUT2D eigenvalue weighted by molar-refractivity contribution is 7.99. The van der Waals surface area contributed by atoms with Crippen molar-refractivity contribution in [1.82, 2.24) is 20.1 Å². The van der Waals surface area contributed by atoms with Gasteiger partial charge in [0, 0.05) is 17.3 Å². The molecular weight excluding hydrogens is 469 g/mol. The molecule has 3 rings (SSSR count). The molecule has 3 aromatic rings. The Balaban J connectivity index is 1.65. The Labute approximate surface area is 200 Å². The molecule has 1 aromatic heterocycles. The molecule has 0 unspecified atom stereocenters. The minimum absolute atomic E-state index is 0.157. The van der Waals surface area contributed by atoms with Gasteiger partial charge in [-0.05, 0) is 50.6 Å². The van der Waals surface area contributed by atoms with Crippen LogP contribution in [0.15, 0.2) is 47.6 Å². The van der Waals surface area contributed by atoms with E-state index in [9.17, 15) is 9.59 Å². The molecule has 0 radical (unpaired) electrons. The molecule has 7 nitrogen and oxygen atoms in total. The van der Waals surface area contributed by atoms with Crippen LogP contribution in [0, 0.1) is 6.92 Å². The van der Waals surface area contributed by atoms with E-state index in [4.69, 9.17) is 23.2 Å². The number of nitrogens with one attached hydrogen (secondary N) is 2.